The number of ether oxygens (including phenoxy) is 1. The van der Waals surface area contributed by atoms with Crippen LogP contribution in [0.5, 0.6) is 5.75 Å². The molecule has 2 aromatic heterocycles. The number of aliphatic hydroxyl groups excluding tert-OH is 1. The molecule has 2 N–H and O–H groups in total. The Morgan fingerprint density at radius 2 is 1.83 bits per heavy atom. The molecule has 2 heterocycles. The van der Waals surface area contributed by atoms with Crippen LogP contribution in [0.25, 0.3) is 10.8 Å². The van der Waals surface area contributed by atoms with E-state index in [9.17, 15) is 10.1 Å². The van der Waals surface area contributed by atoms with Gasteiger partial charge in [-0.15, -0.1) is 0 Å². The number of aliphatic hydroxyl groups is 1. The molecule has 0 aliphatic rings. The van der Waals surface area contributed by atoms with Crippen LogP contribution in [-0.4, -0.2) is 25.0 Å². The van der Waals surface area contributed by atoms with Crippen molar-refractivity contribution < 1.29 is 14.8 Å². The summed E-state index contributed by atoms with van der Waals surface area (Å²) in [5.41, 5.74) is 1.38. The van der Waals surface area contributed by atoms with Gasteiger partial charge in [-0.05, 0) is 29.8 Å². The summed E-state index contributed by atoms with van der Waals surface area (Å²) in [6.45, 7) is 0.0871. The minimum Gasteiger partial charge on any atom is -0.488 e. The van der Waals surface area contributed by atoms with E-state index >= 15 is 0 Å². The van der Waals surface area contributed by atoms with Gasteiger partial charge < -0.3 is 15.2 Å². The highest BCUT2D eigenvalue weighted by molar-refractivity contribution is 5.95. The average molecular weight is 403 g/mol. The third-order valence-electron chi connectivity index (χ3n) is 4.40. The molecule has 9 heteroatoms. The molecule has 30 heavy (non-hydrogen) atoms. The number of aromatic nitrogens is 3. The molecule has 2 aromatic carbocycles. The van der Waals surface area contributed by atoms with E-state index in [-0.39, 0.29) is 18.9 Å². The Hall–Kier alpha value is -4.11. The summed E-state index contributed by atoms with van der Waals surface area (Å²) in [5, 5.41) is 24.5. The van der Waals surface area contributed by atoms with Gasteiger partial charge in [0.1, 0.15) is 24.0 Å². The van der Waals surface area contributed by atoms with Gasteiger partial charge >= 0.3 is 0 Å². The molecule has 0 bridgehead atoms. The van der Waals surface area contributed by atoms with E-state index in [1.807, 2.05) is 18.2 Å². The van der Waals surface area contributed by atoms with E-state index in [0.29, 0.717) is 33.9 Å². The summed E-state index contributed by atoms with van der Waals surface area (Å²) in [7, 11) is 0. The number of benzene rings is 2. The van der Waals surface area contributed by atoms with Crippen LogP contribution in [0.1, 0.15) is 11.3 Å². The third-order valence-corrected chi connectivity index (χ3v) is 4.40. The van der Waals surface area contributed by atoms with Crippen molar-refractivity contribution in [3.05, 3.63) is 88.5 Å². The minimum atomic E-state index is -0.400. The Morgan fingerprint density at radius 1 is 1.00 bits per heavy atom. The molecule has 0 fully saturated rings. The van der Waals surface area contributed by atoms with Gasteiger partial charge in [0, 0.05) is 17.6 Å². The van der Waals surface area contributed by atoms with Gasteiger partial charge in [-0.3, -0.25) is 15.1 Å². The molecule has 0 unspecified atom stereocenters. The molecule has 0 saturated carbocycles. The van der Waals surface area contributed by atoms with Crippen LogP contribution >= 0.6 is 0 Å². The minimum absolute atomic E-state index is 0.0432. The van der Waals surface area contributed by atoms with Crippen LogP contribution in [0.2, 0.25) is 0 Å². The van der Waals surface area contributed by atoms with Crippen LogP contribution in [0, 0.1) is 10.1 Å². The van der Waals surface area contributed by atoms with Gasteiger partial charge in [0.15, 0.2) is 0 Å². The molecule has 4 aromatic rings. The van der Waals surface area contributed by atoms with E-state index < -0.39 is 4.92 Å². The lowest BCUT2D eigenvalue weighted by molar-refractivity contribution is -0.383. The Kier molecular flexibility index (Phi) is 5.44. The first kappa shape index (κ1) is 19.2. The molecule has 0 atom stereocenters. The van der Waals surface area contributed by atoms with Crippen LogP contribution in [0.3, 0.4) is 0 Å². The van der Waals surface area contributed by atoms with Crippen LogP contribution in [-0.2, 0) is 13.2 Å². The number of rotatable bonds is 7. The second-order valence-corrected chi connectivity index (χ2v) is 6.40. The van der Waals surface area contributed by atoms with Crippen molar-refractivity contribution in [2.45, 2.75) is 13.2 Å². The number of fused-ring (bicyclic) bond motifs is 1. The van der Waals surface area contributed by atoms with Gasteiger partial charge in [0.05, 0.1) is 35.0 Å². The Bertz CT molecular complexity index is 1200. The number of nitrogens with zero attached hydrogens (tertiary/aromatic N) is 4. The quantitative estimate of drug-likeness (QED) is 0.353. The number of nitrogens with one attached hydrogen (secondary N) is 1. The fourth-order valence-corrected chi connectivity index (χ4v) is 2.97. The standard InChI is InChI=1S/C21H17N5O4/c27-12-15-10-24-21(11-23-15)25-20-9-14(7-8-22-20)13-30-19-6-5-18(26(28)29)16-3-1-2-4-17(16)19/h1-11,27H,12-13H2,(H,22,24,25). The first-order chi connectivity index (χ1) is 14.6. The topological polar surface area (TPSA) is 123 Å². The van der Waals surface area contributed by atoms with E-state index in [1.54, 1.807) is 30.5 Å². The zero-order valence-electron chi connectivity index (χ0n) is 15.7. The molecular weight excluding hydrogens is 386 g/mol. The summed E-state index contributed by atoms with van der Waals surface area (Å²) < 4.78 is 5.94. The maximum Gasteiger partial charge on any atom is 0.277 e. The second kappa shape index (κ2) is 8.50. The van der Waals surface area contributed by atoms with Crippen LogP contribution in [0.15, 0.2) is 67.1 Å². The number of nitro benzene ring substituents is 1. The lowest BCUT2D eigenvalue weighted by atomic mass is 10.1. The molecule has 0 spiro atoms. The van der Waals surface area contributed by atoms with E-state index in [2.05, 4.69) is 20.3 Å². The second-order valence-electron chi connectivity index (χ2n) is 6.40. The molecule has 0 radical (unpaired) electrons. The van der Waals surface area contributed by atoms with Crippen molar-refractivity contribution in [1.29, 1.82) is 0 Å². The number of hydrogen-bond acceptors (Lipinski definition) is 8. The van der Waals surface area contributed by atoms with Crippen molar-refractivity contribution in [2.24, 2.45) is 0 Å². The predicted molar refractivity (Wildman–Crippen MR) is 110 cm³/mol. The summed E-state index contributed by atoms with van der Waals surface area (Å²) in [6.07, 6.45) is 4.64. The van der Waals surface area contributed by atoms with Gasteiger partial charge in [-0.25, -0.2) is 9.97 Å². The number of non-ortho nitro benzene ring substituents is 1. The van der Waals surface area contributed by atoms with Crippen LogP contribution < -0.4 is 10.1 Å². The zero-order chi connectivity index (χ0) is 20.9. The normalized spacial score (nSPS) is 10.7. The number of nitro groups is 1. The Morgan fingerprint density at radius 3 is 2.57 bits per heavy atom. The molecule has 0 amide bonds. The van der Waals surface area contributed by atoms with Crippen molar-refractivity contribution in [3.63, 3.8) is 0 Å². The highest BCUT2D eigenvalue weighted by atomic mass is 16.6. The molecule has 4 rings (SSSR count). The fourth-order valence-electron chi connectivity index (χ4n) is 2.97. The molecule has 150 valence electrons. The lowest BCUT2D eigenvalue weighted by Crippen LogP contribution is -2.01. The maximum absolute atomic E-state index is 11.3. The van der Waals surface area contributed by atoms with Gasteiger partial charge in [-0.2, -0.15) is 0 Å². The fraction of sp³-hybridized carbons (Fsp3) is 0.0952. The first-order valence-electron chi connectivity index (χ1n) is 9.07. The predicted octanol–water partition coefficient (Wildman–Crippen LogP) is 3.75. The first-order valence-corrected chi connectivity index (χ1v) is 9.07. The van der Waals surface area contributed by atoms with E-state index in [0.717, 1.165) is 5.56 Å². The molecule has 0 aliphatic carbocycles. The van der Waals surface area contributed by atoms with Crippen LogP contribution in [0.4, 0.5) is 17.3 Å². The van der Waals surface area contributed by atoms with Gasteiger partial charge in [0.2, 0.25) is 0 Å². The summed E-state index contributed by atoms with van der Waals surface area (Å²) >= 11 is 0. The van der Waals surface area contributed by atoms with Gasteiger partial charge in [-0.1, -0.05) is 18.2 Å². The van der Waals surface area contributed by atoms with Crippen molar-refractivity contribution >= 4 is 28.1 Å². The summed E-state index contributed by atoms with van der Waals surface area (Å²) in [5.74, 6) is 1.63. The van der Waals surface area contributed by atoms with Crippen molar-refractivity contribution in [3.8, 4) is 5.75 Å². The smallest absolute Gasteiger partial charge is 0.277 e. The SMILES string of the molecule is O=[N+]([O-])c1ccc(OCc2ccnc(Nc3cnc(CO)cn3)c2)c2ccccc12. The molecule has 9 nitrogen and oxygen atoms in total. The summed E-state index contributed by atoms with van der Waals surface area (Å²) in [6, 6.07) is 13.8. The largest absolute Gasteiger partial charge is 0.488 e. The maximum atomic E-state index is 11.3. The monoisotopic (exact) mass is 403 g/mol. The third kappa shape index (κ3) is 4.15. The summed E-state index contributed by atoms with van der Waals surface area (Å²) in [4.78, 5) is 23.3. The highest BCUT2D eigenvalue weighted by Gasteiger charge is 2.14. The zero-order valence-corrected chi connectivity index (χ0v) is 15.7. The number of hydrogen-bond donors (Lipinski definition) is 2. The van der Waals surface area contributed by atoms with E-state index in [4.69, 9.17) is 9.84 Å². The molecule has 0 saturated heterocycles. The molecule has 0 aliphatic heterocycles. The highest BCUT2D eigenvalue weighted by Crippen LogP contribution is 2.33. The number of pyridine rings is 1. The molecular formula is C21H17N5O4. The Balaban J connectivity index is 1.51. The van der Waals surface area contributed by atoms with Crippen molar-refractivity contribution in [2.75, 3.05) is 5.32 Å². The van der Waals surface area contributed by atoms with E-state index in [1.165, 1.54) is 18.5 Å². The number of anilines is 2. The van der Waals surface area contributed by atoms with Crippen molar-refractivity contribution in [1.82, 2.24) is 15.0 Å². The lowest BCUT2D eigenvalue weighted by Gasteiger charge is -2.11. The van der Waals surface area contributed by atoms with Gasteiger partial charge in [0.25, 0.3) is 5.69 Å². The Labute approximate surface area is 171 Å². The average Bonchev–Trinajstić information content (AvgIpc) is 2.78.